The topological polar surface area (TPSA) is 59.0 Å². The zero-order valence-corrected chi connectivity index (χ0v) is 47.5. The van der Waals surface area contributed by atoms with Crippen molar-refractivity contribution in [3.8, 4) is 0 Å². The molecular weight excluding hydrogens is 1030 g/mol. The molecule has 6 heteroatoms. The minimum atomic E-state index is -0.178. The molecule has 0 saturated heterocycles. The van der Waals surface area contributed by atoms with E-state index in [1.807, 2.05) is 12.1 Å². The fraction of sp³-hybridized carbons (Fsp3) is 0.103. The molecule has 84 heavy (non-hydrogen) atoms. The second-order valence-corrected chi connectivity index (χ2v) is 24.9. The van der Waals surface area contributed by atoms with Crippen molar-refractivity contribution in [3.05, 3.63) is 242 Å². The van der Waals surface area contributed by atoms with Crippen LogP contribution in [0.2, 0.25) is 0 Å². The zero-order valence-electron chi connectivity index (χ0n) is 47.5. The molecule has 4 aromatic heterocycles. The SMILES string of the molecule is CC(C)(C)c1cc2ccccc2cc1N(c1ccc2cc3c(cc2c1)oc1cc2oc4cc5cc(N(c6cc7ccccc7cc6C(C)(C)C)c6cccc7c6oc6ccccc67)ccc5cc4c2cc13)c1cccc2c1oc1ccccc12. The van der Waals surface area contributed by atoms with E-state index in [0.29, 0.717) is 0 Å². The molecule has 0 aliphatic heterocycles. The molecule has 13 aromatic carbocycles. The number of para-hydroxylation sites is 4. The smallest absolute Gasteiger partial charge is 0.159 e. The molecule has 17 rings (SSSR count). The molecule has 6 nitrogen and oxygen atoms in total. The Balaban J connectivity index is 0.802. The van der Waals surface area contributed by atoms with E-state index in [-0.39, 0.29) is 10.8 Å². The van der Waals surface area contributed by atoms with Gasteiger partial charge in [0.1, 0.15) is 33.5 Å². The molecule has 0 radical (unpaired) electrons. The van der Waals surface area contributed by atoms with Gasteiger partial charge < -0.3 is 27.5 Å². The second kappa shape index (κ2) is 17.6. The highest BCUT2D eigenvalue weighted by Crippen LogP contribution is 2.50. The average Bonchev–Trinajstić information content (AvgIpc) is 3.07. The summed E-state index contributed by atoms with van der Waals surface area (Å²) in [6, 6.07) is 83.3. The molecule has 0 fully saturated rings. The number of anilines is 6. The lowest BCUT2D eigenvalue weighted by Gasteiger charge is -2.32. The third kappa shape index (κ3) is 7.43. The molecular formula is C78H56N2O4. The van der Waals surface area contributed by atoms with E-state index >= 15 is 0 Å². The highest BCUT2D eigenvalue weighted by molar-refractivity contribution is 6.19. The third-order valence-electron chi connectivity index (χ3n) is 17.5. The number of benzene rings is 13. The quantitative estimate of drug-likeness (QED) is 0.165. The van der Waals surface area contributed by atoms with Crippen molar-refractivity contribution in [1.82, 2.24) is 0 Å². The Morgan fingerprint density at radius 2 is 0.607 bits per heavy atom. The number of nitrogens with zero attached hydrogens (tertiary/aromatic N) is 2. The van der Waals surface area contributed by atoms with E-state index in [1.165, 1.54) is 32.7 Å². The van der Waals surface area contributed by atoms with Crippen molar-refractivity contribution in [2.24, 2.45) is 0 Å². The predicted octanol–water partition coefficient (Wildman–Crippen LogP) is 23.4. The van der Waals surface area contributed by atoms with Gasteiger partial charge in [0.2, 0.25) is 0 Å². The lowest BCUT2D eigenvalue weighted by Crippen LogP contribution is -2.19. The molecule has 0 aliphatic carbocycles. The van der Waals surface area contributed by atoms with Gasteiger partial charge in [0.05, 0.1) is 22.7 Å². The molecule has 0 saturated carbocycles. The Labute approximate surface area is 483 Å². The van der Waals surface area contributed by atoms with Crippen molar-refractivity contribution in [3.63, 3.8) is 0 Å². The van der Waals surface area contributed by atoms with Crippen molar-refractivity contribution >= 4 is 165 Å². The van der Waals surface area contributed by atoms with Crippen molar-refractivity contribution in [2.45, 2.75) is 52.4 Å². The third-order valence-corrected chi connectivity index (χ3v) is 17.5. The summed E-state index contributed by atoms with van der Waals surface area (Å²) in [5.74, 6) is 0. The normalized spacial score (nSPS) is 12.6. The summed E-state index contributed by atoms with van der Waals surface area (Å²) in [4.78, 5) is 4.80. The van der Waals surface area contributed by atoms with Gasteiger partial charge >= 0.3 is 0 Å². The molecule has 0 aliphatic rings. The first-order chi connectivity index (χ1) is 40.8. The maximum atomic E-state index is 6.85. The first-order valence-corrected chi connectivity index (χ1v) is 29.0. The first-order valence-electron chi connectivity index (χ1n) is 29.0. The van der Waals surface area contributed by atoms with Crippen LogP contribution in [0.25, 0.3) is 131 Å². The van der Waals surface area contributed by atoms with Gasteiger partial charge in [-0.05, 0) is 168 Å². The minimum Gasteiger partial charge on any atom is -0.456 e. The summed E-state index contributed by atoms with van der Waals surface area (Å²) in [6.07, 6.45) is 0. The Kier molecular flexibility index (Phi) is 10.1. The van der Waals surface area contributed by atoms with Crippen molar-refractivity contribution in [1.29, 1.82) is 0 Å². The van der Waals surface area contributed by atoms with Crippen LogP contribution in [0.4, 0.5) is 34.1 Å². The van der Waals surface area contributed by atoms with Crippen LogP contribution >= 0.6 is 0 Å². The zero-order chi connectivity index (χ0) is 56.3. The molecule has 17 aromatic rings. The number of fused-ring (bicyclic) bond motifs is 16. The maximum absolute atomic E-state index is 6.85. The van der Waals surface area contributed by atoms with Crippen LogP contribution in [-0.2, 0) is 10.8 Å². The van der Waals surface area contributed by atoms with Gasteiger partial charge in [-0.1, -0.05) is 163 Å². The molecule has 402 valence electrons. The van der Waals surface area contributed by atoms with Crippen molar-refractivity contribution < 1.29 is 17.7 Å². The lowest BCUT2D eigenvalue weighted by molar-refractivity contribution is 0.591. The summed E-state index contributed by atoms with van der Waals surface area (Å²) in [5, 5.41) is 17.7. The van der Waals surface area contributed by atoms with E-state index in [0.717, 1.165) is 143 Å². The Hall–Kier alpha value is -10.3. The molecule has 4 heterocycles. The van der Waals surface area contributed by atoms with E-state index < -0.39 is 0 Å². The van der Waals surface area contributed by atoms with Gasteiger partial charge in [0, 0.05) is 60.5 Å². The van der Waals surface area contributed by atoms with Gasteiger partial charge in [0.25, 0.3) is 0 Å². The van der Waals surface area contributed by atoms with Crippen LogP contribution in [0.5, 0.6) is 0 Å². The van der Waals surface area contributed by atoms with Crippen LogP contribution < -0.4 is 9.80 Å². The molecule has 0 spiro atoms. The van der Waals surface area contributed by atoms with E-state index in [2.05, 4.69) is 270 Å². The average molecular weight is 1090 g/mol. The highest BCUT2D eigenvalue weighted by Gasteiger charge is 2.30. The molecule has 0 N–H and O–H groups in total. The highest BCUT2D eigenvalue weighted by atomic mass is 16.3. The fourth-order valence-electron chi connectivity index (χ4n) is 13.4. The van der Waals surface area contributed by atoms with Gasteiger partial charge in [0.15, 0.2) is 11.2 Å². The van der Waals surface area contributed by atoms with E-state index in [1.54, 1.807) is 0 Å². The second-order valence-electron chi connectivity index (χ2n) is 24.9. The van der Waals surface area contributed by atoms with Crippen LogP contribution in [-0.4, -0.2) is 0 Å². The van der Waals surface area contributed by atoms with E-state index in [9.17, 15) is 0 Å². The number of furan rings is 4. The number of rotatable bonds is 6. The van der Waals surface area contributed by atoms with Gasteiger partial charge in [-0.2, -0.15) is 0 Å². The Morgan fingerprint density at radius 3 is 1.05 bits per heavy atom. The number of hydrogen-bond donors (Lipinski definition) is 0. The summed E-state index contributed by atoms with van der Waals surface area (Å²) < 4.78 is 27.3. The van der Waals surface area contributed by atoms with E-state index in [4.69, 9.17) is 17.7 Å². The monoisotopic (exact) mass is 1080 g/mol. The molecule has 0 unspecified atom stereocenters. The van der Waals surface area contributed by atoms with Crippen LogP contribution in [0, 0.1) is 0 Å². The lowest BCUT2D eigenvalue weighted by atomic mass is 9.83. The predicted molar refractivity (Wildman–Crippen MR) is 352 cm³/mol. The Bertz CT molecular complexity index is 5270. The summed E-state index contributed by atoms with van der Waals surface area (Å²) >= 11 is 0. The summed E-state index contributed by atoms with van der Waals surface area (Å²) in [5.41, 5.74) is 15.0. The minimum absolute atomic E-state index is 0.178. The first kappa shape index (κ1) is 48.4. The van der Waals surface area contributed by atoms with Gasteiger partial charge in [-0.25, -0.2) is 0 Å². The molecule has 0 bridgehead atoms. The largest absolute Gasteiger partial charge is 0.456 e. The molecule has 0 atom stereocenters. The standard InChI is InChI=1S/C78H56N2O4/c1-77(2,3)63-37-45-17-7-9-19-47(45)39-67(63)79(65-25-15-23-57-55-21-11-13-27-69(55)83-75(57)65)53-31-29-49-35-59-61-43-62-60-36-50-30-32-54(34-52(50)42-72(60)82-74(62)44-73(61)81-71(59)41-51(49)33-53)80(66-26-16-24-58-56-22-12-14-28-70(56)84-76(58)66)68-40-48-20-10-8-18-46(48)38-64(68)78(4,5)6/h7-44H,1-6H3. The Morgan fingerprint density at radius 1 is 0.238 bits per heavy atom. The maximum Gasteiger partial charge on any atom is 0.159 e. The number of hydrogen-bond acceptors (Lipinski definition) is 6. The van der Waals surface area contributed by atoms with Crippen LogP contribution in [0.15, 0.2) is 248 Å². The fourth-order valence-corrected chi connectivity index (χ4v) is 13.4. The van der Waals surface area contributed by atoms with Crippen LogP contribution in [0.3, 0.4) is 0 Å². The van der Waals surface area contributed by atoms with Crippen molar-refractivity contribution in [2.75, 3.05) is 9.80 Å². The molecule has 0 amide bonds. The van der Waals surface area contributed by atoms with Gasteiger partial charge in [-0.15, -0.1) is 0 Å². The van der Waals surface area contributed by atoms with Crippen LogP contribution in [0.1, 0.15) is 52.7 Å². The van der Waals surface area contributed by atoms with Gasteiger partial charge in [-0.3, -0.25) is 0 Å². The summed E-state index contributed by atoms with van der Waals surface area (Å²) in [7, 11) is 0. The summed E-state index contributed by atoms with van der Waals surface area (Å²) in [6.45, 7) is 13.8.